The highest BCUT2D eigenvalue weighted by Gasteiger charge is 2.34. The maximum Gasteiger partial charge on any atom is 0.263 e. The number of fused-ring (bicyclic) bond motifs is 1. The summed E-state index contributed by atoms with van der Waals surface area (Å²) in [5, 5.41) is 3.34. The standard InChI is InChI=1S/C22H28N4O3/c1-15(29-20-9-4-3-8-19(20)28-2)22(27)26-12-6-5-7-18(26)21-24-14-16-13-23-11-10-17(16)25-21/h3-4,8-9,14-15,18,23H,5-7,10-13H2,1-2H3/t15-,18-/m0/s1. The zero-order valence-electron chi connectivity index (χ0n) is 17.1. The van der Waals surface area contributed by atoms with Crippen LogP contribution >= 0.6 is 0 Å². The third-order valence-corrected chi connectivity index (χ3v) is 5.63. The molecule has 0 bridgehead atoms. The lowest BCUT2D eigenvalue weighted by Crippen LogP contribution is -2.45. The van der Waals surface area contributed by atoms with E-state index in [1.165, 1.54) is 0 Å². The summed E-state index contributed by atoms with van der Waals surface area (Å²) in [4.78, 5) is 24.6. The molecule has 0 unspecified atom stereocenters. The Kier molecular flexibility index (Phi) is 5.94. The second-order valence-electron chi connectivity index (χ2n) is 7.58. The summed E-state index contributed by atoms with van der Waals surface area (Å²) < 4.78 is 11.3. The minimum Gasteiger partial charge on any atom is -0.493 e. The lowest BCUT2D eigenvalue weighted by molar-refractivity contribution is -0.142. The quantitative estimate of drug-likeness (QED) is 0.837. The van der Waals surface area contributed by atoms with Gasteiger partial charge in [0.2, 0.25) is 0 Å². The predicted molar refractivity (Wildman–Crippen MR) is 109 cm³/mol. The number of ether oxygens (including phenoxy) is 2. The van der Waals surface area contributed by atoms with Gasteiger partial charge in [0.1, 0.15) is 0 Å². The fourth-order valence-corrected chi connectivity index (χ4v) is 4.07. The molecule has 2 aliphatic rings. The van der Waals surface area contributed by atoms with Gasteiger partial charge in [-0.05, 0) is 38.3 Å². The zero-order valence-corrected chi connectivity index (χ0v) is 17.1. The fraction of sp³-hybridized carbons (Fsp3) is 0.500. The van der Waals surface area contributed by atoms with Crippen molar-refractivity contribution in [3.05, 3.63) is 47.5 Å². The number of carbonyl (C=O) groups is 1. The molecule has 2 aliphatic heterocycles. The number of aromatic nitrogens is 2. The minimum absolute atomic E-state index is 0.0383. The van der Waals surface area contributed by atoms with Crippen molar-refractivity contribution in [1.29, 1.82) is 0 Å². The monoisotopic (exact) mass is 396 g/mol. The van der Waals surface area contributed by atoms with Crippen LogP contribution in [-0.4, -0.2) is 47.1 Å². The van der Waals surface area contributed by atoms with Gasteiger partial charge in [0.05, 0.1) is 13.2 Å². The van der Waals surface area contributed by atoms with E-state index in [2.05, 4.69) is 10.3 Å². The van der Waals surface area contributed by atoms with E-state index in [9.17, 15) is 4.79 Å². The van der Waals surface area contributed by atoms with E-state index in [0.29, 0.717) is 18.0 Å². The van der Waals surface area contributed by atoms with E-state index >= 15 is 0 Å². The smallest absolute Gasteiger partial charge is 0.263 e. The number of nitrogens with one attached hydrogen (secondary N) is 1. The number of rotatable bonds is 5. The lowest BCUT2D eigenvalue weighted by Gasteiger charge is -2.36. The van der Waals surface area contributed by atoms with Gasteiger partial charge in [-0.25, -0.2) is 9.97 Å². The molecule has 0 aliphatic carbocycles. The molecular formula is C22H28N4O3. The zero-order chi connectivity index (χ0) is 20.2. The Balaban J connectivity index is 1.53. The summed E-state index contributed by atoms with van der Waals surface area (Å²) in [6, 6.07) is 7.29. The Morgan fingerprint density at radius 3 is 2.93 bits per heavy atom. The number of hydrogen-bond acceptors (Lipinski definition) is 6. The van der Waals surface area contributed by atoms with Crippen LogP contribution in [0.4, 0.5) is 0 Å². The first-order chi connectivity index (χ1) is 14.2. The van der Waals surface area contributed by atoms with Crippen molar-refractivity contribution in [2.24, 2.45) is 0 Å². The van der Waals surface area contributed by atoms with E-state index in [1.54, 1.807) is 14.0 Å². The summed E-state index contributed by atoms with van der Waals surface area (Å²) in [5.74, 6) is 1.91. The summed E-state index contributed by atoms with van der Waals surface area (Å²) >= 11 is 0. The molecule has 29 heavy (non-hydrogen) atoms. The maximum atomic E-state index is 13.3. The minimum atomic E-state index is -0.617. The van der Waals surface area contributed by atoms with Gasteiger partial charge in [0, 0.05) is 43.5 Å². The molecule has 7 heteroatoms. The van der Waals surface area contributed by atoms with Gasteiger partial charge >= 0.3 is 0 Å². The van der Waals surface area contributed by atoms with Crippen LogP contribution in [0.15, 0.2) is 30.5 Å². The van der Waals surface area contributed by atoms with Crippen molar-refractivity contribution in [1.82, 2.24) is 20.2 Å². The molecule has 1 amide bonds. The van der Waals surface area contributed by atoms with Gasteiger partial charge in [-0.3, -0.25) is 4.79 Å². The maximum absolute atomic E-state index is 13.3. The average molecular weight is 396 g/mol. The van der Waals surface area contributed by atoms with Crippen LogP contribution in [-0.2, 0) is 17.8 Å². The van der Waals surface area contributed by atoms with Crippen LogP contribution in [0.5, 0.6) is 11.5 Å². The van der Waals surface area contributed by atoms with E-state index < -0.39 is 6.10 Å². The number of carbonyl (C=O) groups excluding carboxylic acids is 1. The van der Waals surface area contributed by atoms with Gasteiger partial charge in [0.15, 0.2) is 23.4 Å². The number of hydrogen-bond donors (Lipinski definition) is 1. The van der Waals surface area contributed by atoms with Crippen molar-refractivity contribution in [3.8, 4) is 11.5 Å². The molecule has 1 N–H and O–H groups in total. The van der Waals surface area contributed by atoms with Crippen molar-refractivity contribution in [2.45, 2.75) is 51.3 Å². The van der Waals surface area contributed by atoms with Crippen molar-refractivity contribution in [3.63, 3.8) is 0 Å². The first-order valence-corrected chi connectivity index (χ1v) is 10.3. The number of benzene rings is 1. The van der Waals surface area contributed by atoms with E-state index in [-0.39, 0.29) is 11.9 Å². The number of piperidine rings is 1. The number of amides is 1. The summed E-state index contributed by atoms with van der Waals surface area (Å²) in [6.45, 7) is 4.23. The van der Waals surface area contributed by atoms with E-state index in [1.807, 2.05) is 35.4 Å². The first-order valence-electron chi connectivity index (χ1n) is 10.3. The first kappa shape index (κ1) is 19.6. The topological polar surface area (TPSA) is 76.6 Å². The average Bonchev–Trinajstić information content (AvgIpc) is 2.78. The molecule has 0 radical (unpaired) electrons. The third kappa shape index (κ3) is 4.19. The summed E-state index contributed by atoms with van der Waals surface area (Å²) in [5.41, 5.74) is 2.26. The van der Waals surface area contributed by atoms with Gasteiger partial charge in [-0.1, -0.05) is 12.1 Å². The van der Waals surface area contributed by atoms with Gasteiger partial charge in [-0.2, -0.15) is 0 Å². The molecule has 7 nitrogen and oxygen atoms in total. The predicted octanol–water partition coefficient (Wildman–Crippen LogP) is 2.65. The second-order valence-corrected chi connectivity index (χ2v) is 7.58. The van der Waals surface area contributed by atoms with Crippen molar-refractivity contribution in [2.75, 3.05) is 20.2 Å². The van der Waals surface area contributed by atoms with E-state index in [0.717, 1.165) is 55.9 Å². The van der Waals surface area contributed by atoms with Crippen LogP contribution in [0, 0.1) is 0 Å². The Labute approximate surface area is 171 Å². The Hall–Kier alpha value is -2.67. The van der Waals surface area contributed by atoms with Gasteiger partial charge in [-0.15, -0.1) is 0 Å². The Morgan fingerprint density at radius 1 is 1.28 bits per heavy atom. The lowest BCUT2D eigenvalue weighted by atomic mass is 10.00. The van der Waals surface area contributed by atoms with Crippen LogP contribution in [0.2, 0.25) is 0 Å². The third-order valence-electron chi connectivity index (χ3n) is 5.63. The number of methoxy groups -OCH3 is 1. The Morgan fingerprint density at radius 2 is 2.10 bits per heavy atom. The van der Waals surface area contributed by atoms with Crippen LogP contribution < -0.4 is 14.8 Å². The van der Waals surface area contributed by atoms with Gasteiger partial charge in [0.25, 0.3) is 5.91 Å². The molecule has 2 atom stereocenters. The highest BCUT2D eigenvalue weighted by atomic mass is 16.5. The molecule has 0 saturated carbocycles. The molecule has 3 heterocycles. The molecule has 2 aromatic rings. The SMILES string of the molecule is COc1ccccc1O[C@@H](C)C(=O)N1CCCC[C@H]1c1ncc2c(n1)CCNC2. The molecule has 154 valence electrons. The van der Waals surface area contributed by atoms with Crippen molar-refractivity contribution >= 4 is 5.91 Å². The van der Waals surface area contributed by atoms with Crippen LogP contribution in [0.1, 0.15) is 49.3 Å². The van der Waals surface area contributed by atoms with E-state index in [4.69, 9.17) is 14.5 Å². The highest BCUT2D eigenvalue weighted by molar-refractivity contribution is 5.81. The van der Waals surface area contributed by atoms with Crippen molar-refractivity contribution < 1.29 is 14.3 Å². The number of nitrogens with zero attached hydrogens (tertiary/aromatic N) is 3. The largest absolute Gasteiger partial charge is 0.493 e. The summed E-state index contributed by atoms with van der Waals surface area (Å²) in [7, 11) is 1.60. The van der Waals surface area contributed by atoms with Gasteiger partial charge < -0.3 is 19.7 Å². The molecule has 1 fully saturated rings. The van der Waals surface area contributed by atoms with Crippen LogP contribution in [0.25, 0.3) is 0 Å². The molecule has 0 spiro atoms. The molecule has 4 rings (SSSR count). The molecule has 1 saturated heterocycles. The second kappa shape index (κ2) is 8.78. The Bertz CT molecular complexity index is 873. The normalized spacial score (nSPS) is 19.9. The molecular weight excluding hydrogens is 368 g/mol. The molecule has 1 aromatic carbocycles. The molecule has 1 aromatic heterocycles. The number of likely N-dealkylation sites (tertiary alicyclic amines) is 1. The van der Waals surface area contributed by atoms with Crippen LogP contribution in [0.3, 0.4) is 0 Å². The summed E-state index contributed by atoms with van der Waals surface area (Å²) in [6.07, 6.45) is 5.13. The fourth-order valence-electron chi connectivity index (χ4n) is 4.07. The highest BCUT2D eigenvalue weighted by Crippen LogP contribution is 2.32. The number of para-hydroxylation sites is 2.